The molecule has 0 aliphatic carbocycles. The number of urea groups is 1. The first-order chi connectivity index (χ1) is 16.2. The van der Waals surface area contributed by atoms with Crippen LogP contribution in [0.15, 0.2) is 42.5 Å². The van der Waals surface area contributed by atoms with Crippen molar-refractivity contribution in [1.82, 2.24) is 15.5 Å². The van der Waals surface area contributed by atoms with E-state index in [1.165, 1.54) is 17.4 Å². The first-order valence-corrected chi connectivity index (χ1v) is 12.2. The van der Waals surface area contributed by atoms with Crippen LogP contribution in [0.25, 0.3) is 10.6 Å². The summed E-state index contributed by atoms with van der Waals surface area (Å²) in [4.78, 5) is 27.6. The Balaban J connectivity index is 1.68. The highest BCUT2D eigenvalue weighted by molar-refractivity contribution is 7.18. The zero-order valence-electron chi connectivity index (χ0n) is 19.2. The highest BCUT2D eigenvalue weighted by Crippen LogP contribution is 2.28. The molecule has 11 heteroatoms. The van der Waals surface area contributed by atoms with Crippen molar-refractivity contribution in [2.75, 3.05) is 29.6 Å². The smallest absolute Gasteiger partial charge is 0.319 e. The summed E-state index contributed by atoms with van der Waals surface area (Å²) in [6.07, 6.45) is 0.680. The Morgan fingerprint density at radius 2 is 1.76 bits per heavy atom. The van der Waals surface area contributed by atoms with Crippen molar-refractivity contribution < 1.29 is 9.59 Å². The Kier molecular flexibility index (Phi) is 8.71. The molecule has 34 heavy (non-hydrogen) atoms. The summed E-state index contributed by atoms with van der Waals surface area (Å²) in [5.74, 6) is -0.505. The SMILES string of the molecule is CCC(C)C(NC(=O)Nc1ccc(Cl)cc1Cl)C(=O)Nc1nnc(-c2ccc(N(C)C)cc2)s1. The van der Waals surface area contributed by atoms with E-state index >= 15 is 0 Å². The lowest BCUT2D eigenvalue weighted by Gasteiger charge is -2.23. The molecule has 0 saturated heterocycles. The van der Waals surface area contributed by atoms with Gasteiger partial charge in [0.1, 0.15) is 11.0 Å². The molecule has 0 bridgehead atoms. The second-order valence-corrected chi connectivity index (χ2v) is 9.75. The van der Waals surface area contributed by atoms with Crippen molar-refractivity contribution in [3.63, 3.8) is 0 Å². The Morgan fingerprint density at radius 3 is 2.38 bits per heavy atom. The topological polar surface area (TPSA) is 99.2 Å². The number of benzene rings is 2. The maximum atomic E-state index is 13.0. The Hall–Kier alpha value is -2.88. The van der Waals surface area contributed by atoms with Crippen molar-refractivity contribution in [3.05, 3.63) is 52.5 Å². The fourth-order valence-corrected chi connectivity index (χ4v) is 4.28. The van der Waals surface area contributed by atoms with Gasteiger partial charge in [0.2, 0.25) is 11.0 Å². The molecule has 3 aromatic rings. The normalized spacial score (nSPS) is 12.5. The lowest BCUT2D eigenvalue weighted by atomic mass is 9.98. The summed E-state index contributed by atoms with van der Waals surface area (Å²) in [5.41, 5.74) is 2.36. The van der Waals surface area contributed by atoms with Crippen LogP contribution in [0.2, 0.25) is 10.0 Å². The Morgan fingerprint density at radius 1 is 1.06 bits per heavy atom. The minimum atomic E-state index is -0.789. The zero-order chi connectivity index (χ0) is 24.8. The van der Waals surface area contributed by atoms with E-state index in [0.717, 1.165) is 11.3 Å². The summed E-state index contributed by atoms with van der Waals surface area (Å²) in [7, 11) is 3.94. The molecule has 0 aliphatic rings. The molecule has 2 unspecified atom stereocenters. The van der Waals surface area contributed by atoms with Gasteiger partial charge in [-0.3, -0.25) is 10.1 Å². The molecule has 0 radical (unpaired) electrons. The Bertz CT molecular complexity index is 1150. The molecule has 3 rings (SSSR count). The quantitative estimate of drug-likeness (QED) is 0.351. The molecule has 0 spiro atoms. The van der Waals surface area contributed by atoms with Gasteiger partial charge in [0.15, 0.2) is 0 Å². The summed E-state index contributed by atoms with van der Waals surface area (Å²) in [6, 6.07) is 11.3. The van der Waals surface area contributed by atoms with E-state index < -0.39 is 12.1 Å². The molecule has 3 N–H and O–H groups in total. The summed E-state index contributed by atoms with van der Waals surface area (Å²) in [6.45, 7) is 3.83. The van der Waals surface area contributed by atoms with Gasteiger partial charge in [-0.1, -0.05) is 54.8 Å². The van der Waals surface area contributed by atoms with Gasteiger partial charge in [-0.15, -0.1) is 10.2 Å². The van der Waals surface area contributed by atoms with Gasteiger partial charge >= 0.3 is 6.03 Å². The number of rotatable bonds is 8. The number of carbonyl (C=O) groups is 2. The van der Waals surface area contributed by atoms with Crippen molar-refractivity contribution in [1.29, 1.82) is 0 Å². The van der Waals surface area contributed by atoms with E-state index in [2.05, 4.69) is 26.1 Å². The Labute approximate surface area is 212 Å². The number of halogens is 2. The predicted molar refractivity (Wildman–Crippen MR) is 140 cm³/mol. The second-order valence-electron chi connectivity index (χ2n) is 7.93. The maximum absolute atomic E-state index is 13.0. The highest BCUT2D eigenvalue weighted by atomic mass is 35.5. The molecular weight excluding hydrogens is 495 g/mol. The molecule has 3 amide bonds. The van der Waals surface area contributed by atoms with Crippen molar-refractivity contribution in [2.45, 2.75) is 26.3 Å². The highest BCUT2D eigenvalue weighted by Gasteiger charge is 2.27. The average Bonchev–Trinajstić information content (AvgIpc) is 3.27. The van der Waals surface area contributed by atoms with Crippen LogP contribution < -0.4 is 20.9 Å². The molecule has 8 nitrogen and oxygen atoms in total. The maximum Gasteiger partial charge on any atom is 0.319 e. The molecule has 2 aromatic carbocycles. The molecule has 1 aromatic heterocycles. The van der Waals surface area contributed by atoms with Crippen LogP contribution in [-0.4, -0.2) is 42.3 Å². The molecule has 0 aliphatic heterocycles. The second kappa shape index (κ2) is 11.5. The molecule has 2 atom stereocenters. The number of carbonyl (C=O) groups excluding carboxylic acids is 2. The van der Waals surface area contributed by atoms with Gasteiger partial charge in [0, 0.05) is 30.4 Å². The lowest BCUT2D eigenvalue weighted by Crippen LogP contribution is -2.49. The van der Waals surface area contributed by atoms with Crippen LogP contribution in [0.4, 0.5) is 21.3 Å². The van der Waals surface area contributed by atoms with Gasteiger partial charge in [-0.2, -0.15) is 0 Å². The molecule has 0 fully saturated rings. The van der Waals surface area contributed by atoms with Crippen LogP contribution in [0.1, 0.15) is 20.3 Å². The summed E-state index contributed by atoms with van der Waals surface area (Å²) in [5, 5.41) is 18.2. The average molecular weight is 521 g/mol. The molecule has 180 valence electrons. The summed E-state index contributed by atoms with van der Waals surface area (Å²) >= 11 is 13.3. The molecular formula is C23H26Cl2N6O2S. The van der Waals surface area contributed by atoms with E-state index in [4.69, 9.17) is 23.2 Å². The lowest BCUT2D eigenvalue weighted by molar-refractivity contribution is -0.119. The number of aromatic nitrogens is 2. The van der Waals surface area contributed by atoms with E-state index in [0.29, 0.717) is 32.3 Å². The van der Waals surface area contributed by atoms with Gasteiger partial charge in [0.25, 0.3) is 0 Å². The van der Waals surface area contributed by atoms with E-state index in [1.807, 2.05) is 57.1 Å². The number of nitrogens with one attached hydrogen (secondary N) is 3. The first kappa shape index (κ1) is 25.7. The first-order valence-electron chi connectivity index (χ1n) is 10.6. The number of anilines is 3. The minimum Gasteiger partial charge on any atom is -0.378 e. The third kappa shape index (κ3) is 6.59. The zero-order valence-corrected chi connectivity index (χ0v) is 21.6. The van der Waals surface area contributed by atoms with Gasteiger partial charge in [0.05, 0.1) is 10.7 Å². The van der Waals surface area contributed by atoms with E-state index in [1.54, 1.807) is 12.1 Å². The molecule has 1 heterocycles. The van der Waals surface area contributed by atoms with Crippen LogP contribution in [0, 0.1) is 5.92 Å². The van der Waals surface area contributed by atoms with Gasteiger partial charge in [-0.05, 0) is 48.4 Å². The number of hydrogen-bond donors (Lipinski definition) is 3. The predicted octanol–water partition coefficient (Wildman–Crippen LogP) is 5.75. The number of nitrogens with zero attached hydrogens (tertiary/aromatic N) is 3. The fourth-order valence-electron chi connectivity index (χ4n) is 3.07. The largest absolute Gasteiger partial charge is 0.378 e. The van der Waals surface area contributed by atoms with Gasteiger partial charge < -0.3 is 15.5 Å². The van der Waals surface area contributed by atoms with Crippen molar-refractivity contribution in [3.8, 4) is 10.6 Å². The number of hydrogen-bond acceptors (Lipinski definition) is 6. The third-order valence-corrected chi connectivity index (χ3v) is 6.68. The van der Waals surface area contributed by atoms with Crippen LogP contribution >= 0.6 is 34.5 Å². The van der Waals surface area contributed by atoms with Crippen molar-refractivity contribution >= 4 is 63.0 Å². The van der Waals surface area contributed by atoms with E-state index in [-0.39, 0.29) is 11.8 Å². The monoisotopic (exact) mass is 520 g/mol. The minimum absolute atomic E-state index is 0.127. The number of amides is 3. The van der Waals surface area contributed by atoms with E-state index in [9.17, 15) is 9.59 Å². The standard InChI is InChI=1S/C23H26Cl2N6O2S/c1-5-13(2)19(27-22(33)26-18-11-8-15(24)12-17(18)25)20(32)28-23-30-29-21(34-23)14-6-9-16(10-7-14)31(3)4/h6-13,19H,5H2,1-4H3,(H2,26,27,33)(H,28,30,32). The fraction of sp³-hybridized carbons (Fsp3) is 0.304. The van der Waals surface area contributed by atoms with Crippen LogP contribution in [0.3, 0.4) is 0 Å². The van der Waals surface area contributed by atoms with Crippen LogP contribution in [-0.2, 0) is 4.79 Å². The van der Waals surface area contributed by atoms with Crippen LogP contribution in [0.5, 0.6) is 0 Å². The molecule has 0 saturated carbocycles. The van der Waals surface area contributed by atoms with Crippen molar-refractivity contribution in [2.24, 2.45) is 5.92 Å². The van der Waals surface area contributed by atoms with Gasteiger partial charge in [-0.25, -0.2) is 4.79 Å². The third-order valence-electron chi connectivity index (χ3n) is 5.25. The summed E-state index contributed by atoms with van der Waals surface area (Å²) < 4.78 is 0.